The Balaban J connectivity index is 2.48. The second-order valence-corrected chi connectivity index (χ2v) is 3.84. The Labute approximate surface area is 106 Å². The van der Waals surface area contributed by atoms with Crippen LogP contribution in [0.5, 0.6) is 0 Å². The third-order valence-corrected chi connectivity index (χ3v) is 2.57. The fourth-order valence-corrected chi connectivity index (χ4v) is 1.60. The molecule has 0 saturated heterocycles. The first-order valence-corrected chi connectivity index (χ1v) is 5.31. The van der Waals surface area contributed by atoms with Crippen LogP contribution in [0.1, 0.15) is 16.7 Å². The van der Waals surface area contributed by atoms with Gasteiger partial charge < -0.3 is 5.73 Å². The van der Waals surface area contributed by atoms with Gasteiger partial charge in [-0.25, -0.2) is 4.68 Å². The summed E-state index contributed by atoms with van der Waals surface area (Å²) >= 11 is 0. The molecule has 1 aromatic carbocycles. The molecule has 0 amide bonds. The number of hydrogen-bond acceptors (Lipinski definition) is 3. The molecule has 0 aliphatic rings. The van der Waals surface area contributed by atoms with Crippen molar-refractivity contribution >= 4 is 0 Å². The Kier molecular flexibility index (Phi) is 3.27. The molecule has 2 N–H and O–H groups in total. The molecule has 1 aromatic heterocycles. The number of halogens is 3. The summed E-state index contributed by atoms with van der Waals surface area (Å²) in [7, 11) is 0. The van der Waals surface area contributed by atoms with Crippen molar-refractivity contribution in [3.05, 3.63) is 47.3 Å². The number of hydrogen-bond donors (Lipinski definition) is 1. The van der Waals surface area contributed by atoms with Gasteiger partial charge in [0.2, 0.25) is 0 Å². The van der Waals surface area contributed by atoms with Gasteiger partial charge in [-0.15, -0.1) is 0 Å². The van der Waals surface area contributed by atoms with E-state index in [1.807, 2.05) is 6.07 Å². The lowest BCUT2D eigenvalue weighted by Gasteiger charge is -2.06. The average molecular weight is 266 g/mol. The maximum absolute atomic E-state index is 12.5. The molecular weight excluding hydrogens is 257 g/mol. The summed E-state index contributed by atoms with van der Waals surface area (Å²) in [6.07, 6.45) is -2.89. The van der Waals surface area contributed by atoms with Crippen LogP contribution in [-0.2, 0) is 12.7 Å². The Bertz CT molecular complexity index is 637. The zero-order valence-electron chi connectivity index (χ0n) is 9.65. The Morgan fingerprint density at radius 1 is 1.37 bits per heavy atom. The first-order chi connectivity index (χ1) is 8.95. The highest BCUT2D eigenvalue weighted by Gasteiger charge is 2.32. The highest BCUT2D eigenvalue weighted by Crippen LogP contribution is 2.29. The lowest BCUT2D eigenvalue weighted by molar-refractivity contribution is -0.137. The second kappa shape index (κ2) is 4.74. The zero-order valence-corrected chi connectivity index (χ0v) is 9.65. The SMILES string of the molecule is N#Cc1cc(CN)ccc1-n1cc(C(F)(F)F)cn1. The molecule has 0 radical (unpaired) electrons. The minimum absolute atomic E-state index is 0.222. The standard InChI is InChI=1S/C12H9F3N4/c13-12(14,15)10-6-18-19(7-10)11-2-1-8(4-16)3-9(11)5-17/h1-3,6-7H,4,16H2. The molecule has 2 aromatic rings. The summed E-state index contributed by atoms with van der Waals surface area (Å²) < 4.78 is 38.5. The third-order valence-electron chi connectivity index (χ3n) is 2.57. The van der Waals surface area contributed by atoms with Crippen LogP contribution in [0.15, 0.2) is 30.6 Å². The van der Waals surface area contributed by atoms with Gasteiger partial charge in [0, 0.05) is 12.7 Å². The van der Waals surface area contributed by atoms with Gasteiger partial charge in [-0.3, -0.25) is 0 Å². The number of nitrogens with zero attached hydrogens (tertiary/aromatic N) is 3. The van der Waals surface area contributed by atoms with Gasteiger partial charge in [-0.2, -0.15) is 23.5 Å². The average Bonchev–Trinajstić information content (AvgIpc) is 2.87. The van der Waals surface area contributed by atoms with Crippen molar-refractivity contribution in [1.29, 1.82) is 5.26 Å². The molecule has 0 atom stereocenters. The molecule has 7 heteroatoms. The van der Waals surface area contributed by atoms with Gasteiger partial charge in [0.15, 0.2) is 0 Å². The molecule has 0 saturated carbocycles. The Hall–Kier alpha value is -2.33. The van der Waals surface area contributed by atoms with Crippen LogP contribution in [0.2, 0.25) is 0 Å². The molecule has 0 fully saturated rings. The van der Waals surface area contributed by atoms with Crippen LogP contribution >= 0.6 is 0 Å². The lowest BCUT2D eigenvalue weighted by atomic mass is 10.1. The number of aromatic nitrogens is 2. The number of nitriles is 1. The van der Waals surface area contributed by atoms with E-state index in [0.717, 1.165) is 22.6 Å². The number of nitrogens with two attached hydrogens (primary N) is 1. The normalized spacial score (nSPS) is 11.3. The van der Waals surface area contributed by atoms with E-state index >= 15 is 0 Å². The minimum atomic E-state index is -4.46. The van der Waals surface area contributed by atoms with Crippen molar-refractivity contribution in [2.24, 2.45) is 5.73 Å². The van der Waals surface area contributed by atoms with Gasteiger partial charge in [-0.1, -0.05) is 6.07 Å². The first kappa shape index (κ1) is 13.1. The van der Waals surface area contributed by atoms with E-state index in [2.05, 4.69) is 5.10 Å². The third kappa shape index (κ3) is 2.58. The summed E-state index contributed by atoms with van der Waals surface area (Å²) in [4.78, 5) is 0. The van der Waals surface area contributed by atoms with Crippen molar-refractivity contribution in [2.75, 3.05) is 0 Å². The van der Waals surface area contributed by atoms with E-state index in [1.165, 1.54) is 12.1 Å². The quantitative estimate of drug-likeness (QED) is 0.906. The van der Waals surface area contributed by atoms with Crippen molar-refractivity contribution in [2.45, 2.75) is 12.7 Å². The molecule has 4 nitrogen and oxygen atoms in total. The maximum atomic E-state index is 12.5. The molecular formula is C12H9F3N4. The summed E-state index contributed by atoms with van der Waals surface area (Å²) in [6, 6.07) is 6.62. The predicted octanol–water partition coefficient (Wildman–Crippen LogP) is 2.22. The Morgan fingerprint density at radius 3 is 2.63 bits per heavy atom. The molecule has 19 heavy (non-hydrogen) atoms. The highest BCUT2D eigenvalue weighted by molar-refractivity contribution is 5.50. The molecule has 98 valence electrons. The topological polar surface area (TPSA) is 67.6 Å². The monoisotopic (exact) mass is 266 g/mol. The lowest BCUT2D eigenvalue weighted by Crippen LogP contribution is -2.04. The van der Waals surface area contributed by atoms with Gasteiger partial charge in [0.25, 0.3) is 0 Å². The van der Waals surface area contributed by atoms with Crippen molar-refractivity contribution in [1.82, 2.24) is 9.78 Å². The molecule has 0 unspecified atom stereocenters. The van der Waals surface area contributed by atoms with Crippen LogP contribution in [-0.4, -0.2) is 9.78 Å². The van der Waals surface area contributed by atoms with Crippen molar-refractivity contribution in [3.63, 3.8) is 0 Å². The Morgan fingerprint density at radius 2 is 2.11 bits per heavy atom. The summed E-state index contributed by atoms with van der Waals surface area (Å²) in [5.74, 6) is 0. The fraction of sp³-hybridized carbons (Fsp3) is 0.167. The number of benzene rings is 1. The van der Waals surface area contributed by atoms with E-state index in [-0.39, 0.29) is 17.8 Å². The second-order valence-electron chi connectivity index (χ2n) is 3.84. The maximum Gasteiger partial charge on any atom is 0.419 e. The summed E-state index contributed by atoms with van der Waals surface area (Å²) in [5, 5.41) is 12.6. The number of alkyl halides is 3. The molecule has 0 aliphatic carbocycles. The van der Waals surface area contributed by atoms with Crippen LogP contribution < -0.4 is 5.73 Å². The van der Waals surface area contributed by atoms with Crippen LogP contribution in [0.25, 0.3) is 5.69 Å². The van der Waals surface area contributed by atoms with Gasteiger partial charge in [-0.05, 0) is 17.7 Å². The van der Waals surface area contributed by atoms with E-state index in [9.17, 15) is 13.2 Å². The smallest absolute Gasteiger partial charge is 0.326 e. The molecule has 0 aliphatic heterocycles. The summed E-state index contributed by atoms with van der Waals surface area (Å²) in [6.45, 7) is 0.252. The van der Waals surface area contributed by atoms with E-state index in [1.54, 1.807) is 6.07 Å². The van der Waals surface area contributed by atoms with Crippen LogP contribution in [0.3, 0.4) is 0 Å². The molecule has 1 heterocycles. The van der Waals surface area contributed by atoms with Crippen molar-refractivity contribution in [3.8, 4) is 11.8 Å². The predicted molar refractivity (Wildman–Crippen MR) is 61.2 cm³/mol. The zero-order chi connectivity index (χ0) is 14.0. The van der Waals surface area contributed by atoms with Crippen LogP contribution in [0.4, 0.5) is 13.2 Å². The van der Waals surface area contributed by atoms with E-state index in [4.69, 9.17) is 11.0 Å². The van der Waals surface area contributed by atoms with Crippen molar-refractivity contribution < 1.29 is 13.2 Å². The minimum Gasteiger partial charge on any atom is -0.326 e. The van der Waals surface area contributed by atoms with E-state index in [0.29, 0.717) is 0 Å². The van der Waals surface area contributed by atoms with Gasteiger partial charge >= 0.3 is 6.18 Å². The van der Waals surface area contributed by atoms with E-state index < -0.39 is 11.7 Å². The summed E-state index contributed by atoms with van der Waals surface area (Å²) in [5.41, 5.74) is 5.82. The fourth-order valence-electron chi connectivity index (χ4n) is 1.60. The largest absolute Gasteiger partial charge is 0.419 e. The highest BCUT2D eigenvalue weighted by atomic mass is 19.4. The number of rotatable bonds is 2. The first-order valence-electron chi connectivity index (χ1n) is 5.31. The molecule has 2 rings (SSSR count). The van der Waals surface area contributed by atoms with Gasteiger partial charge in [0.05, 0.1) is 23.0 Å². The van der Waals surface area contributed by atoms with Crippen LogP contribution in [0, 0.1) is 11.3 Å². The molecule has 0 spiro atoms. The molecule has 0 bridgehead atoms. The van der Waals surface area contributed by atoms with Gasteiger partial charge in [0.1, 0.15) is 6.07 Å².